The van der Waals surface area contributed by atoms with E-state index in [-0.39, 0.29) is 5.91 Å². The Morgan fingerprint density at radius 2 is 2.17 bits per heavy atom. The van der Waals surface area contributed by atoms with Crippen molar-refractivity contribution in [2.75, 3.05) is 12.3 Å². The standard InChI is InChI=1S/C23H32N4OS2/c1-15-6-3-4-10-26(15)21(28)14-30-23-25-24-22(20-7-5-11-29-20)27(23)16(2)19-13-17-8-9-18(19)12-17/h5,7,11,15-19H,3-4,6,8-10,12-14H2,1-2H3. The first kappa shape index (κ1) is 20.6. The van der Waals surface area contributed by atoms with Crippen LogP contribution in [0.15, 0.2) is 22.7 Å². The van der Waals surface area contributed by atoms with Gasteiger partial charge in [-0.2, -0.15) is 0 Å². The number of likely N-dealkylation sites (tertiary alicyclic amines) is 1. The third-order valence-corrected chi connectivity index (χ3v) is 9.47. The third-order valence-electron chi connectivity index (χ3n) is 7.67. The average Bonchev–Trinajstić information content (AvgIpc) is 3.55. The van der Waals surface area contributed by atoms with E-state index in [2.05, 4.69) is 51.0 Å². The van der Waals surface area contributed by atoms with E-state index in [1.807, 2.05) is 0 Å². The van der Waals surface area contributed by atoms with E-state index in [1.54, 1.807) is 23.1 Å². The van der Waals surface area contributed by atoms with Crippen LogP contribution in [0.3, 0.4) is 0 Å². The highest BCUT2D eigenvalue weighted by Crippen LogP contribution is 2.53. The van der Waals surface area contributed by atoms with Gasteiger partial charge in [-0.1, -0.05) is 24.2 Å². The Balaban J connectivity index is 1.37. The molecule has 0 radical (unpaired) electrons. The summed E-state index contributed by atoms with van der Waals surface area (Å²) in [7, 11) is 0. The minimum absolute atomic E-state index is 0.243. The van der Waals surface area contributed by atoms with Crippen LogP contribution in [0.2, 0.25) is 0 Å². The topological polar surface area (TPSA) is 51.0 Å². The highest BCUT2D eigenvalue weighted by Gasteiger charge is 2.43. The van der Waals surface area contributed by atoms with Gasteiger partial charge in [0, 0.05) is 18.6 Å². The third kappa shape index (κ3) is 3.83. The van der Waals surface area contributed by atoms with Crippen LogP contribution in [0.1, 0.15) is 64.8 Å². The smallest absolute Gasteiger partial charge is 0.233 e. The van der Waals surface area contributed by atoms with Crippen molar-refractivity contribution in [1.29, 1.82) is 0 Å². The van der Waals surface area contributed by atoms with Crippen LogP contribution < -0.4 is 0 Å². The van der Waals surface area contributed by atoms with Crippen molar-refractivity contribution < 1.29 is 4.79 Å². The predicted octanol–water partition coefficient (Wildman–Crippen LogP) is 5.50. The molecule has 162 valence electrons. The van der Waals surface area contributed by atoms with Gasteiger partial charge in [-0.3, -0.25) is 9.36 Å². The van der Waals surface area contributed by atoms with Gasteiger partial charge in [0.05, 0.1) is 10.6 Å². The van der Waals surface area contributed by atoms with Gasteiger partial charge in [0.2, 0.25) is 5.91 Å². The fourth-order valence-corrected chi connectivity index (χ4v) is 7.68. The monoisotopic (exact) mass is 444 g/mol. The van der Waals surface area contributed by atoms with Gasteiger partial charge in [0.1, 0.15) is 0 Å². The van der Waals surface area contributed by atoms with E-state index in [9.17, 15) is 4.79 Å². The summed E-state index contributed by atoms with van der Waals surface area (Å²) < 4.78 is 2.36. The molecule has 5 atom stereocenters. The number of thioether (sulfide) groups is 1. The highest BCUT2D eigenvalue weighted by atomic mass is 32.2. The quantitative estimate of drug-likeness (QED) is 0.552. The van der Waals surface area contributed by atoms with Crippen molar-refractivity contribution >= 4 is 29.0 Å². The summed E-state index contributed by atoms with van der Waals surface area (Å²) >= 11 is 3.30. The molecule has 1 saturated heterocycles. The zero-order valence-electron chi connectivity index (χ0n) is 18.0. The zero-order chi connectivity index (χ0) is 20.7. The minimum atomic E-state index is 0.243. The van der Waals surface area contributed by atoms with E-state index in [1.165, 1.54) is 37.0 Å². The molecule has 7 heteroatoms. The number of carbonyl (C=O) groups excluding carboxylic acids is 1. The molecule has 1 aliphatic heterocycles. The van der Waals surface area contributed by atoms with Crippen LogP contribution in [0.5, 0.6) is 0 Å². The molecular formula is C23H32N4OS2. The Bertz CT molecular complexity index is 880. The second-order valence-corrected chi connectivity index (χ2v) is 11.3. The van der Waals surface area contributed by atoms with Gasteiger partial charge >= 0.3 is 0 Å². The molecule has 0 N–H and O–H groups in total. The van der Waals surface area contributed by atoms with Crippen LogP contribution in [0.25, 0.3) is 10.7 Å². The van der Waals surface area contributed by atoms with Crippen molar-refractivity contribution in [2.45, 2.75) is 76.0 Å². The SMILES string of the molecule is CC1CCCCN1C(=O)CSc1nnc(-c2cccs2)n1C(C)C1CC2CCC1C2. The number of hydrogen-bond acceptors (Lipinski definition) is 5. The first-order chi connectivity index (χ1) is 14.6. The molecule has 5 nitrogen and oxygen atoms in total. The number of piperidine rings is 1. The molecule has 2 bridgehead atoms. The molecule has 3 fully saturated rings. The molecule has 2 aromatic rings. The molecule has 2 aromatic heterocycles. The van der Waals surface area contributed by atoms with Crippen LogP contribution in [0.4, 0.5) is 0 Å². The van der Waals surface area contributed by atoms with Crippen molar-refractivity contribution in [3.63, 3.8) is 0 Å². The molecule has 5 rings (SSSR count). The molecule has 0 aromatic carbocycles. The molecule has 3 aliphatic rings. The van der Waals surface area contributed by atoms with Crippen LogP contribution >= 0.6 is 23.1 Å². The van der Waals surface area contributed by atoms with Crippen LogP contribution in [0, 0.1) is 17.8 Å². The van der Waals surface area contributed by atoms with Crippen LogP contribution in [-0.4, -0.2) is 43.9 Å². The number of aromatic nitrogens is 3. The van der Waals surface area contributed by atoms with Gasteiger partial charge in [0.15, 0.2) is 11.0 Å². The van der Waals surface area contributed by atoms with E-state index in [4.69, 9.17) is 0 Å². The van der Waals surface area contributed by atoms with E-state index >= 15 is 0 Å². The average molecular weight is 445 g/mol. The highest BCUT2D eigenvalue weighted by molar-refractivity contribution is 7.99. The number of hydrogen-bond donors (Lipinski definition) is 0. The van der Waals surface area contributed by atoms with Gasteiger partial charge in [0.25, 0.3) is 0 Å². The number of thiophene rings is 1. The summed E-state index contributed by atoms with van der Waals surface area (Å²) in [6.45, 7) is 5.43. The number of rotatable bonds is 6. The lowest BCUT2D eigenvalue weighted by Crippen LogP contribution is -2.43. The molecule has 0 spiro atoms. The fraction of sp³-hybridized carbons (Fsp3) is 0.696. The lowest BCUT2D eigenvalue weighted by atomic mass is 9.84. The van der Waals surface area contributed by atoms with E-state index in [0.717, 1.165) is 42.2 Å². The number of fused-ring (bicyclic) bond motifs is 2. The first-order valence-corrected chi connectivity index (χ1v) is 13.4. The predicted molar refractivity (Wildman–Crippen MR) is 123 cm³/mol. The van der Waals surface area contributed by atoms with Crippen molar-refractivity contribution in [3.8, 4) is 10.7 Å². The maximum Gasteiger partial charge on any atom is 0.233 e. The molecular weight excluding hydrogens is 412 g/mol. The molecule has 2 aliphatic carbocycles. The lowest BCUT2D eigenvalue weighted by Gasteiger charge is -2.33. The Labute approximate surface area is 187 Å². The maximum atomic E-state index is 12.9. The summed E-state index contributed by atoms with van der Waals surface area (Å²) in [6.07, 6.45) is 9.01. The second-order valence-electron chi connectivity index (χ2n) is 9.45. The van der Waals surface area contributed by atoms with Gasteiger partial charge < -0.3 is 4.90 Å². The Morgan fingerprint density at radius 3 is 2.87 bits per heavy atom. The molecule has 2 saturated carbocycles. The fourth-order valence-electron chi connectivity index (χ4n) is 6.07. The Kier molecular flexibility index (Phi) is 5.93. The number of carbonyl (C=O) groups is 1. The summed E-state index contributed by atoms with van der Waals surface area (Å²) in [4.78, 5) is 16.1. The molecule has 5 unspecified atom stereocenters. The van der Waals surface area contributed by atoms with Crippen molar-refractivity contribution in [3.05, 3.63) is 17.5 Å². The van der Waals surface area contributed by atoms with E-state index in [0.29, 0.717) is 23.8 Å². The first-order valence-electron chi connectivity index (χ1n) is 11.5. The summed E-state index contributed by atoms with van der Waals surface area (Å²) in [6, 6.07) is 4.95. The summed E-state index contributed by atoms with van der Waals surface area (Å²) in [5, 5.41) is 12.2. The summed E-state index contributed by atoms with van der Waals surface area (Å²) in [5.74, 6) is 4.14. The van der Waals surface area contributed by atoms with Crippen molar-refractivity contribution in [2.24, 2.45) is 17.8 Å². The minimum Gasteiger partial charge on any atom is -0.339 e. The normalized spacial score (nSPS) is 29.5. The van der Waals surface area contributed by atoms with Crippen molar-refractivity contribution in [1.82, 2.24) is 19.7 Å². The van der Waals surface area contributed by atoms with Gasteiger partial charge in [-0.15, -0.1) is 21.5 Å². The zero-order valence-corrected chi connectivity index (χ0v) is 19.6. The van der Waals surface area contributed by atoms with E-state index < -0.39 is 0 Å². The van der Waals surface area contributed by atoms with Gasteiger partial charge in [-0.25, -0.2) is 0 Å². The maximum absolute atomic E-state index is 12.9. The van der Waals surface area contributed by atoms with Crippen LogP contribution in [-0.2, 0) is 4.79 Å². The second kappa shape index (κ2) is 8.65. The Hall–Kier alpha value is -1.34. The van der Waals surface area contributed by atoms with Gasteiger partial charge in [-0.05, 0) is 81.6 Å². The molecule has 1 amide bonds. The molecule has 30 heavy (non-hydrogen) atoms. The Morgan fingerprint density at radius 1 is 1.27 bits per heavy atom. The number of amides is 1. The molecule has 3 heterocycles. The largest absolute Gasteiger partial charge is 0.339 e. The number of nitrogens with zero attached hydrogens (tertiary/aromatic N) is 4. The lowest BCUT2D eigenvalue weighted by molar-refractivity contribution is -0.131. The summed E-state index contributed by atoms with van der Waals surface area (Å²) in [5.41, 5.74) is 0.